The standard InChI is InChI=1S/C11H17N/c12-8-9-5-6-10-3-1-2-4-11(10)7-9/h5-6,11H,1-4,7-8,12H2/t11-/m0/s1. The molecule has 1 fully saturated rings. The summed E-state index contributed by atoms with van der Waals surface area (Å²) in [5, 5.41) is 0. The Hall–Kier alpha value is -0.560. The summed E-state index contributed by atoms with van der Waals surface area (Å²) in [6.07, 6.45) is 11.3. The van der Waals surface area contributed by atoms with Crippen LogP contribution in [0.1, 0.15) is 32.1 Å². The Morgan fingerprint density at radius 1 is 1.33 bits per heavy atom. The first-order valence-corrected chi connectivity index (χ1v) is 4.98. The lowest BCUT2D eigenvalue weighted by Gasteiger charge is -2.28. The molecule has 0 aromatic rings. The van der Waals surface area contributed by atoms with Crippen molar-refractivity contribution in [2.75, 3.05) is 6.54 Å². The van der Waals surface area contributed by atoms with Crippen LogP contribution in [-0.2, 0) is 0 Å². The molecule has 12 heavy (non-hydrogen) atoms. The molecule has 0 heterocycles. The van der Waals surface area contributed by atoms with Crippen molar-refractivity contribution in [2.24, 2.45) is 11.7 Å². The van der Waals surface area contributed by atoms with Gasteiger partial charge in [0.05, 0.1) is 0 Å². The van der Waals surface area contributed by atoms with E-state index in [9.17, 15) is 0 Å². The smallest absolute Gasteiger partial charge is 0.0140 e. The normalized spacial score (nSPS) is 28.9. The van der Waals surface area contributed by atoms with Gasteiger partial charge in [0.1, 0.15) is 0 Å². The molecule has 2 rings (SSSR count). The predicted octanol–water partition coefficient (Wildman–Crippen LogP) is 2.39. The van der Waals surface area contributed by atoms with E-state index in [0.717, 1.165) is 12.5 Å². The second kappa shape index (κ2) is 3.44. The molecule has 0 radical (unpaired) electrons. The van der Waals surface area contributed by atoms with Gasteiger partial charge in [-0.1, -0.05) is 29.7 Å². The Balaban J connectivity index is 2.12. The molecule has 0 spiro atoms. The van der Waals surface area contributed by atoms with Gasteiger partial charge in [-0.3, -0.25) is 0 Å². The Morgan fingerprint density at radius 2 is 2.25 bits per heavy atom. The first-order chi connectivity index (χ1) is 5.90. The lowest BCUT2D eigenvalue weighted by molar-refractivity contribution is 0.444. The summed E-state index contributed by atoms with van der Waals surface area (Å²) >= 11 is 0. The maximum atomic E-state index is 5.63. The maximum Gasteiger partial charge on any atom is 0.0140 e. The number of hydrogen-bond donors (Lipinski definition) is 1. The maximum absolute atomic E-state index is 5.63. The van der Waals surface area contributed by atoms with Crippen LogP contribution in [0.5, 0.6) is 0 Å². The van der Waals surface area contributed by atoms with Crippen molar-refractivity contribution in [1.29, 1.82) is 0 Å². The second-order valence-corrected chi connectivity index (χ2v) is 3.92. The quantitative estimate of drug-likeness (QED) is 0.631. The van der Waals surface area contributed by atoms with Gasteiger partial charge in [0.25, 0.3) is 0 Å². The summed E-state index contributed by atoms with van der Waals surface area (Å²) in [5.74, 6) is 0.849. The van der Waals surface area contributed by atoms with Gasteiger partial charge in [-0.2, -0.15) is 0 Å². The van der Waals surface area contributed by atoms with E-state index in [1.165, 1.54) is 37.7 Å². The van der Waals surface area contributed by atoms with E-state index >= 15 is 0 Å². The molecule has 1 heteroatoms. The molecule has 0 aromatic heterocycles. The molecule has 1 atom stereocenters. The van der Waals surface area contributed by atoms with Crippen LogP contribution in [0.25, 0.3) is 0 Å². The van der Waals surface area contributed by atoms with E-state index in [0.29, 0.717) is 0 Å². The van der Waals surface area contributed by atoms with Gasteiger partial charge in [0, 0.05) is 6.54 Å². The zero-order valence-electron chi connectivity index (χ0n) is 7.55. The van der Waals surface area contributed by atoms with E-state index in [-0.39, 0.29) is 0 Å². The van der Waals surface area contributed by atoms with Crippen LogP contribution in [0.4, 0.5) is 0 Å². The molecule has 0 amide bonds. The van der Waals surface area contributed by atoms with E-state index in [1.54, 1.807) is 5.57 Å². The first kappa shape index (κ1) is 8.06. The molecule has 0 unspecified atom stereocenters. The van der Waals surface area contributed by atoms with Crippen molar-refractivity contribution in [2.45, 2.75) is 32.1 Å². The van der Waals surface area contributed by atoms with Crippen molar-refractivity contribution >= 4 is 0 Å². The Morgan fingerprint density at radius 3 is 3.08 bits per heavy atom. The number of fused-ring (bicyclic) bond motifs is 1. The molecule has 0 aliphatic heterocycles. The van der Waals surface area contributed by atoms with Crippen LogP contribution in [0.2, 0.25) is 0 Å². The summed E-state index contributed by atoms with van der Waals surface area (Å²) in [5.41, 5.74) is 8.74. The van der Waals surface area contributed by atoms with Gasteiger partial charge < -0.3 is 5.73 Å². The second-order valence-electron chi connectivity index (χ2n) is 3.92. The van der Waals surface area contributed by atoms with Crippen LogP contribution in [-0.4, -0.2) is 6.54 Å². The van der Waals surface area contributed by atoms with E-state index in [2.05, 4.69) is 12.2 Å². The molecule has 1 nitrogen and oxygen atoms in total. The fourth-order valence-electron chi connectivity index (χ4n) is 2.32. The highest BCUT2D eigenvalue weighted by Crippen LogP contribution is 2.36. The zero-order chi connectivity index (χ0) is 8.39. The minimum atomic E-state index is 0.750. The highest BCUT2D eigenvalue weighted by Gasteiger charge is 2.21. The summed E-state index contributed by atoms with van der Waals surface area (Å²) < 4.78 is 0. The van der Waals surface area contributed by atoms with Gasteiger partial charge in [0.2, 0.25) is 0 Å². The molecular formula is C11H17N. The molecule has 2 aliphatic rings. The highest BCUT2D eigenvalue weighted by atomic mass is 14.5. The average Bonchev–Trinajstić information content (AvgIpc) is 2.17. The number of allylic oxidation sites excluding steroid dienone is 3. The van der Waals surface area contributed by atoms with E-state index < -0.39 is 0 Å². The van der Waals surface area contributed by atoms with Crippen LogP contribution < -0.4 is 5.73 Å². The minimum absolute atomic E-state index is 0.750. The lowest BCUT2D eigenvalue weighted by atomic mass is 9.77. The number of nitrogens with two attached hydrogens (primary N) is 1. The van der Waals surface area contributed by atoms with Crippen molar-refractivity contribution in [3.05, 3.63) is 23.3 Å². The SMILES string of the molecule is NCC1=CC=C2CCCC[C@H]2C1. The van der Waals surface area contributed by atoms with Crippen molar-refractivity contribution < 1.29 is 0 Å². The zero-order valence-corrected chi connectivity index (χ0v) is 7.55. The monoisotopic (exact) mass is 163 g/mol. The summed E-state index contributed by atoms with van der Waals surface area (Å²) in [7, 11) is 0. The molecule has 66 valence electrons. The third-order valence-electron chi connectivity index (χ3n) is 3.10. The fraction of sp³-hybridized carbons (Fsp3) is 0.636. The van der Waals surface area contributed by atoms with Gasteiger partial charge in [-0.15, -0.1) is 0 Å². The molecule has 0 aromatic carbocycles. The van der Waals surface area contributed by atoms with E-state index in [4.69, 9.17) is 5.73 Å². The lowest BCUT2D eigenvalue weighted by Crippen LogP contribution is -2.16. The van der Waals surface area contributed by atoms with Gasteiger partial charge in [-0.05, 0) is 31.6 Å². The molecule has 2 aliphatic carbocycles. The Bertz CT molecular complexity index is 225. The largest absolute Gasteiger partial charge is 0.327 e. The Labute approximate surface area is 74.3 Å². The third kappa shape index (κ3) is 1.46. The van der Waals surface area contributed by atoms with Crippen LogP contribution in [0.3, 0.4) is 0 Å². The van der Waals surface area contributed by atoms with Crippen LogP contribution in [0, 0.1) is 5.92 Å². The summed E-state index contributed by atoms with van der Waals surface area (Å²) in [6.45, 7) is 0.750. The molecular weight excluding hydrogens is 146 g/mol. The summed E-state index contributed by atoms with van der Waals surface area (Å²) in [4.78, 5) is 0. The average molecular weight is 163 g/mol. The molecule has 0 saturated heterocycles. The summed E-state index contributed by atoms with van der Waals surface area (Å²) in [6, 6.07) is 0. The topological polar surface area (TPSA) is 26.0 Å². The fourth-order valence-corrected chi connectivity index (χ4v) is 2.32. The predicted molar refractivity (Wildman–Crippen MR) is 51.8 cm³/mol. The highest BCUT2D eigenvalue weighted by molar-refractivity contribution is 5.28. The molecule has 2 N–H and O–H groups in total. The van der Waals surface area contributed by atoms with Crippen molar-refractivity contribution in [1.82, 2.24) is 0 Å². The number of rotatable bonds is 1. The third-order valence-corrected chi connectivity index (χ3v) is 3.10. The van der Waals surface area contributed by atoms with Crippen LogP contribution >= 0.6 is 0 Å². The number of hydrogen-bond acceptors (Lipinski definition) is 1. The van der Waals surface area contributed by atoms with Gasteiger partial charge >= 0.3 is 0 Å². The van der Waals surface area contributed by atoms with Crippen molar-refractivity contribution in [3.63, 3.8) is 0 Å². The first-order valence-electron chi connectivity index (χ1n) is 4.98. The Kier molecular flexibility index (Phi) is 2.31. The van der Waals surface area contributed by atoms with Gasteiger partial charge in [-0.25, -0.2) is 0 Å². The van der Waals surface area contributed by atoms with Crippen molar-refractivity contribution in [3.8, 4) is 0 Å². The molecule has 1 saturated carbocycles. The van der Waals surface area contributed by atoms with E-state index in [1.807, 2.05) is 0 Å². The van der Waals surface area contributed by atoms with Gasteiger partial charge in [0.15, 0.2) is 0 Å². The van der Waals surface area contributed by atoms with Crippen LogP contribution in [0.15, 0.2) is 23.3 Å². The minimum Gasteiger partial charge on any atom is -0.327 e. The molecule has 0 bridgehead atoms.